The number of methoxy groups -OCH3 is 1. The van der Waals surface area contributed by atoms with Gasteiger partial charge in [-0.15, -0.1) is 0 Å². The van der Waals surface area contributed by atoms with Crippen LogP contribution in [-0.2, 0) is 7.05 Å². The SMILES string of the molecule is COc1cc2ncnc(-c3cn(C)nc3-c3ccccc3)c2cc1OC(=O)N1CCN(C)C[C@H]1C. The molecule has 1 saturated heterocycles. The van der Waals surface area contributed by atoms with Gasteiger partial charge in [0.05, 0.1) is 18.3 Å². The van der Waals surface area contributed by atoms with Gasteiger partial charge >= 0.3 is 6.09 Å². The summed E-state index contributed by atoms with van der Waals surface area (Å²) in [6, 6.07) is 13.6. The quantitative estimate of drug-likeness (QED) is 0.446. The maximum atomic E-state index is 13.1. The van der Waals surface area contributed by atoms with E-state index >= 15 is 0 Å². The fourth-order valence-electron chi connectivity index (χ4n) is 4.55. The van der Waals surface area contributed by atoms with Crippen molar-refractivity contribution in [2.45, 2.75) is 13.0 Å². The molecule has 9 nitrogen and oxygen atoms in total. The number of carbonyl (C=O) groups excluding carboxylic acids is 1. The number of rotatable bonds is 4. The van der Waals surface area contributed by atoms with Crippen molar-refractivity contribution in [3.8, 4) is 34.0 Å². The number of aryl methyl sites for hydroxylation is 1. The Hall–Kier alpha value is -3.98. The fraction of sp³-hybridized carbons (Fsp3) is 0.308. The zero-order valence-electron chi connectivity index (χ0n) is 20.3. The van der Waals surface area contributed by atoms with Crippen molar-refractivity contribution < 1.29 is 14.3 Å². The first-order chi connectivity index (χ1) is 16.9. The van der Waals surface area contributed by atoms with Crippen LogP contribution in [0.3, 0.4) is 0 Å². The summed E-state index contributed by atoms with van der Waals surface area (Å²) in [7, 11) is 5.48. The van der Waals surface area contributed by atoms with E-state index in [1.807, 2.05) is 50.5 Å². The number of carbonyl (C=O) groups is 1. The van der Waals surface area contributed by atoms with Gasteiger partial charge in [-0.25, -0.2) is 14.8 Å². The number of aromatic nitrogens is 4. The zero-order chi connectivity index (χ0) is 24.5. The molecule has 3 heterocycles. The van der Waals surface area contributed by atoms with E-state index in [4.69, 9.17) is 9.47 Å². The van der Waals surface area contributed by atoms with Crippen LogP contribution >= 0.6 is 0 Å². The molecule has 0 spiro atoms. The summed E-state index contributed by atoms with van der Waals surface area (Å²) in [5.41, 5.74) is 4.05. The van der Waals surface area contributed by atoms with E-state index in [2.05, 4.69) is 27.0 Å². The van der Waals surface area contributed by atoms with Crippen LogP contribution in [0.25, 0.3) is 33.4 Å². The van der Waals surface area contributed by atoms with Crippen LogP contribution in [0.2, 0.25) is 0 Å². The summed E-state index contributed by atoms with van der Waals surface area (Å²) < 4.78 is 13.2. The third-order valence-electron chi connectivity index (χ3n) is 6.31. The van der Waals surface area contributed by atoms with E-state index in [-0.39, 0.29) is 6.04 Å². The maximum absolute atomic E-state index is 13.1. The fourth-order valence-corrected chi connectivity index (χ4v) is 4.55. The second-order valence-corrected chi connectivity index (χ2v) is 8.85. The van der Waals surface area contributed by atoms with Crippen LogP contribution in [0.1, 0.15) is 6.92 Å². The molecule has 2 aromatic carbocycles. The van der Waals surface area contributed by atoms with Crippen molar-refractivity contribution in [3.05, 3.63) is 55.0 Å². The van der Waals surface area contributed by atoms with Gasteiger partial charge in [-0.05, 0) is 20.0 Å². The molecular weight excluding hydrogens is 444 g/mol. The number of ether oxygens (including phenoxy) is 2. The van der Waals surface area contributed by atoms with Gasteiger partial charge in [0, 0.05) is 61.5 Å². The lowest BCUT2D eigenvalue weighted by Crippen LogP contribution is -2.53. The lowest BCUT2D eigenvalue weighted by atomic mass is 10.0. The van der Waals surface area contributed by atoms with Gasteiger partial charge in [-0.1, -0.05) is 30.3 Å². The minimum Gasteiger partial charge on any atom is -0.493 e. The third-order valence-corrected chi connectivity index (χ3v) is 6.31. The standard InChI is InChI=1S/C26H28N6O3/c1-17-14-30(2)10-11-32(17)26(33)35-23-12-19-21(13-22(23)34-4)27-16-28-25(19)20-15-31(3)29-24(20)18-8-6-5-7-9-18/h5-9,12-13,15-17H,10-11,14H2,1-4H3/t17-/m1/s1. The Labute approximate surface area is 203 Å². The largest absolute Gasteiger partial charge is 0.493 e. The summed E-state index contributed by atoms with van der Waals surface area (Å²) in [6.45, 7) is 4.23. The number of likely N-dealkylation sites (N-methyl/N-ethyl adjacent to an activating group) is 1. The molecule has 1 atom stereocenters. The van der Waals surface area contributed by atoms with Gasteiger partial charge in [-0.2, -0.15) is 5.10 Å². The number of nitrogens with zero attached hydrogens (tertiary/aromatic N) is 6. The number of hydrogen-bond donors (Lipinski definition) is 0. The minimum atomic E-state index is -0.395. The summed E-state index contributed by atoms with van der Waals surface area (Å²) in [5, 5.41) is 5.42. The van der Waals surface area contributed by atoms with E-state index in [1.165, 1.54) is 6.33 Å². The predicted molar refractivity (Wildman–Crippen MR) is 133 cm³/mol. The summed E-state index contributed by atoms with van der Waals surface area (Å²) in [5.74, 6) is 0.768. The normalized spacial score (nSPS) is 16.5. The summed E-state index contributed by atoms with van der Waals surface area (Å²) in [4.78, 5) is 26.1. The molecule has 1 aliphatic heterocycles. The van der Waals surface area contributed by atoms with E-state index < -0.39 is 6.09 Å². The Morgan fingerprint density at radius 1 is 1.03 bits per heavy atom. The van der Waals surface area contributed by atoms with Gasteiger partial charge in [0.25, 0.3) is 0 Å². The van der Waals surface area contributed by atoms with Gasteiger partial charge in [0.1, 0.15) is 12.0 Å². The summed E-state index contributed by atoms with van der Waals surface area (Å²) >= 11 is 0. The molecule has 0 unspecified atom stereocenters. The van der Waals surface area contributed by atoms with E-state index in [0.717, 1.165) is 35.3 Å². The van der Waals surface area contributed by atoms with Crippen LogP contribution in [0.5, 0.6) is 11.5 Å². The number of amides is 1. The highest BCUT2D eigenvalue weighted by Crippen LogP contribution is 2.38. The minimum absolute atomic E-state index is 0.0513. The van der Waals surface area contributed by atoms with Crippen LogP contribution in [0, 0.1) is 0 Å². The molecule has 1 aliphatic rings. The van der Waals surface area contributed by atoms with Crippen LogP contribution in [-0.4, -0.2) is 75.5 Å². The summed E-state index contributed by atoms with van der Waals surface area (Å²) in [6.07, 6.45) is 3.07. The van der Waals surface area contributed by atoms with E-state index in [1.54, 1.807) is 28.8 Å². The topological polar surface area (TPSA) is 85.6 Å². The molecule has 180 valence electrons. The van der Waals surface area contributed by atoms with Crippen molar-refractivity contribution in [1.29, 1.82) is 0 Å². The maximum Gasteiger partial charge on any atom is 0.415 e. The second-order valence-electron chi connectivity index (χ2n) is 8.85. The van der Waals surface area contributed by atoms with Crippen LogP contribution in [0.4, 0.5) is 4.79 Å². The highest BCUT2D eigenvalue weighted by molar-refractivity contribution is 5.97. The molecule has 0 radical (unpaired) electrons. The predicted octanol–water partition coefficient (Wildman–Crippen LogP) is 3.84. The monoisotopic (exact) mass is 472 g/mol. The van der Waals surface area contributed by atoms with Gasteiger partial charge in [0.2, 0.25) is 0 Å². The second kappa shape index (κ2) is 9.34. The molecule has 1 amide bonds. The van der Waals surface area contributed by atoms with Crippen molar-refractivity contribution in [1.82, 2.24) is 29.5 Å². The number of benzene rings is 2. The zero-order valence-corrected chi connectivity index (χ0v) is 20.3. The molecule has 0 N–H and O–H groups in total. The number of fused-ring (bicyclic) bond motifs is 1. The average Bonchev–Trinajstić information content (AvgIpc) is 3.25. The van der Waals surface area contributed by atoms with Crippen molar-refractivity contribution in [3.63, 3.8) is 0 Å². The first-order valence-corrected chi connectivity index (χ1v) is 11.5. The Kier molecular flexibility index (Phi) is 6.08. The molecule has 2 aromatic heterocycles. The van der Waals surface area contributed by atoms with Crippen molar-refractivity contribution >= 4 is 17.0 Å². The van der Waals surface area contributed by atoms with Crippen LogP contribution < -0.4 is 9.47 Å². The first kappa shape index (κ1) is 22.8. The lowest BCUT2D eigenvalue weighted by Gasteiger charge is -2.37. The lowest BCUT2D eigenvalue weighted by molar-refractivity contribution is 0.0886. The van der Waals surface area contributed by atoms with Crippen molar-refractivity contribution in [2.24, 2.45) is 7.05 Å². The highest BCUT2D eigenvalue weighted by Gasteiger charge is 2.28. The van der Waals surface area contributed by atoms with Gasteiger partial charge < -0.3 is 19.3 Å². The highest BCUT2D eigenvalue weighted by atomic mass is 16.6. The Morgan fingerprint density at radius 3 is 2.57 bits per heavy atom. The molecule has 4 aromatic rings. The number of hydrogen-bond acceptors (Lipinski definition) is 7. The Bertz CT molecular complexity index is 1370. The Balaban J connectivity index is 1.57. The molecule has 0 bridgehead atoms. The number of piperazine rings is 1. The molecule has 0 saturated carbocycles. The molecule has 9 heteroatoms. The average molecular weight is 473 g/mol. The smallest absolute Gasteiger partial charge is 0.415 e. The Morgan fingerprint density at radius 2 is 1.83 bits per heavy atom. The molecule has 35 heavy (non-hydrogen) atoms. The third kappa shape index (κ3) is 4.42. The van der Waals surface area contributed by atoms with Gasteiger partial charge in [0.15, 0.2) is 11.5 Å². The molecule has 1 fully saturated rings. The van der Waals surface area contributed by atoms with Crippen molar-refractivity contribution in [2.75, 3.05) is 33.8 Å². The van der Waals surface area contributed by atoms with E-state index in [9.17, 15) is 4.79 Å². The van der Waals surface area contributed by atoms with Crippen LogP contribution in [0.15, 0.2) is 55.0 Å². The molecule has 0 aliphatic carbocycles. The molecule has 5 rings (SSSR count). The van der Waals surface area contributed by atoms with Gasteiger partial charge in [-0.3, -0.25) is 4.68 Å². The van der Waals surface area contributed by atoms with E-state index in [0.29, 0.717) is 29.3 Å². The molecular formula is C26H28N6O3. The first-order valence-electron chi connectivity index (χ1n) is 11.5.